The smallest absolute Gasteiger partial charge is 0.308 e. The maximum Gasteiger partial charge on any atom is 0.308 e. The van der Waals surface area contributed by atoms with Gasteiger partial charge in [0, 0.05) is 24.0 Å². The summed E-state index contributed by atoms with van der Waals surface area (Å²) in [7, 11) is 0. The highest BCUT2D eigenvalue weighted by molar-refractivity contribution is 8.00. The van der Waals surface area contributed by atoms with Gasteiger partial charge < -0.3 is 15.3 Å². The minimum Gasteiger partial charge on any atom is -0.481 e. The van der Waals surface area contributed by atoms with Gasteiger partial charge in [0.2, 0.25) is 5.91 Å². The molecule has 0 bridgehead atoms. The van der Waals surface area contributed by atoms with Crippen LogP contribution < -0.4 is 5.32 Å². The van der Waals surface area contributed by atoms with Crippen LogP contribution in [0.5, 0.6) is 0 Å². The standard InChI is InChI=1S/C18H24N2O4S/c1-12(18(23)24)13(2)19-17(22)14-7-3-4-8-15(14)25-11-16(21)20-9-5-6-10-20/h3-4,7-8,12-13H,5-6,9-11H2,1-2H3,(H,19,22)(H,23,24). The molecule has 1 aliphatic rings. The maximum absolute atomic E-state index is 12.5. The zero-order valence-corrected chi connectivity index (χ0v) is 15.3. The molecule has 2 unspecified atom stereocenters. The number of amides is 2. The fourth-order valence-electron chi connectivity index (χ4n) is 2.60. The van der Waals surface area contributed by atoms with E-state index < -0.39 is 17.9 Å². The number of nitrogens with one attached hydrogen (secondary N) is 1. The van der Waals surface area contributed by atoms with Crippen LogP contribution in [0.15, 0.2) is 29.2 Å². The first-order valence-electron chi connectivity index (χ1n) is 8.43. The van der Waals surface area contributed by atoms with E-state index >= 15 is 0 Å². The van der Waals surface area contributed by atoms with Gasteiger partial charge in [0.25, 0.3) is 5.91 Å². The molecule has 1 aromatic carbocycles. The first-order valence-corrected chi connectivity index (χ1v) is 9.42. The Morgan fingerprint density at radius 2 is 1.84 bits per heavy atom. The molecule has 6 nitrogen and oxygen atoms in total. The summed E-state index contributed by atoms with van der Waals surface area (Å²) in [6.07, 6.45) is 2.10. The van der Waals surface area contributed by atoms with Gasteiger partial charge >= 0.3 is 5.97 Å². The van der Waals surface area contributed by atoms with Crippen molar-refractivity contribution in [3.8, 4) is 0 Å². The van der Waals surface area contributed by atoms with Crippen molar-refractivity contribution in [1.29, 1.82) is 0 Å². The number of benzene rings is 1. The third-order valence-electron chi connectivity index (χ3n) is 4.44. The van der Waals surface area contributed by atoms with Crippen LogP contribution in [0.25, 0.3) is 0 Å². The number of carboxylic acid groups (broad SMARTS) is 1. The zero-order valence-electron chi connectivity index (χ0n) is 14.5. The van der Waals surface area contributed by atoms with Gasteiger partial charge in [-0.3, -0.25) is 14.4 Å². The van der Waals surface area contributed by atoms with Gasteiger partial charge in [0.1, 0.15) is 0 Å². The van der Waals surface area contributed by atoms with Gasteiger partial charge in [-0.05, 0) is 38.8 Å². The van der Waals surface area contributed by atoms with Crippen molar-refractivity contribution in [2.75, 3.05) is 18.8 Å². The topological polar surface area (TPSA) is 86.7 Å². The van der Waals surface area contributed by atoms with E-state index in [0.29, 0.717) is 11.3 Å². The van der Waals surface area contributed by atoms with Crippen molar-refractivity contribution < 1.29 is 19.5 Å². The number of aliphatic carboxylic acids is 1. The number of hydrogen-bond acceptors (Lipinski definition) is 4. The molecule has 25 heavy (non-hydrogen) atoms. The van der Waals surface area contributed by atoms with Gasteiger partial charge in [0.05, 0.1) is 17.2 Å². The molecule has 0 radical (unpaired) electrons. The summed E-state index contributed by atoms with van der Waals surface area (Å²) in [5.41, 5.74) is 0.464. The Bertz CT molecular complexity index is 644. The van der Waals surface area contributed by atoms with Crippen molar-refractivity contribution in [2.24, 2.45) is 5.92 Å². The predicted octanol–water partition coefficient (Wildman–Crippen LogP) is 2.24. The van der Waals surface area contributed by atoms with E-state index in [1.54, 1.807) is 26.0 Å². The molecule has 0 aliphatic carbocycles. The quantitative estimate of drug-likeness (QED) is 0.725. The molecule has 1 fully saturated rings. The molecule has 1 saturated heterocycles. The van der Waals surface area contributed by atoms with Crippen molar-refractivity contribution in [1.82, 2.24) is 10.2 Å². The number of rotatable bonds is 7. The Kier molecular flexibility index (Phi) is 6.87. The number of likely N-dealkylation sites (tertiary alicyclic amines) is 1. The van der Waals surface area contributed by atoms with Crippen LogP contribution >= 0.6 is 11.8 Å². The highest BCUT2D eigenvalue weighted by atomic mass is 32.2. The average Bonchev–Trinajstić information content (AvgIpc) is 3.13. The SMILES string of the molecule is CC(NC(=O)c1ccccc1SCC(=O)N1CCCC1)C(C)C(=O)O. The minimum absolute atomic E-state index is 0.0885. The normalized spacial score (nSPS) is 16.3. The number of carboxylic acids is 1. The molecular weight excluding hydrogens is 340 g/mol. The second kappa shape index (κ2) is 8.89. The molecule has 2 amide bonds. The third-order valence-corrected chi connectivity index (χ3v) is 5.50. The lowest BCUT2D eigenvalue weighted by atomic mass is 10.0. The first kappa shape index (κ1) is 19.3. The van der Waals surface area contributed by atoms with Crippen molar-refractivity contribution in [3.05, 3.63) is 29.8 Å². The minimum atomic E-state index is -0.952. The molecule has 1 aromatic rings. The van der Waals surface area contributed by atoms with Crippen molar-refractivity contribution in [3.63, 3.8) is 0 Å². The summed E-state index contributed by atoms with van der Waals surface area (Å²) >= 11 is 1.34. The second-order valence-corrected chi connectivity index (χ2v) is 7.28. The van der Waals surface area contributed by atoms with Crippen LogP contribution in [0.1, 0.15) is 37.0 Å². The summed E-state index contributed by atoms with van der Waals surface area (Å²) in [6, 6.07) is 6.59. The van der Waals surface area contributed by atoms with Gasteiger partial charge in [0.15, 0.2) is 0 Å². The summed E-state index contributed by atoms with van der Waals surface area (Å²) < 4.78 is 0. The Morgan fingerprint density at radius 3 is 2.48 bits per heavy atom. The van der Waals surface area contributed by atoms with E-state index in [1.807, 2.05) is 17.0 Å². The Hall–Kier alpha value is -2.02. The Balaban J connectivity index is 2.00. The van der Waals surface area contributed by atoms with E-state index in [1.165, 1.54) is 11.8 Å². The molecule has 136 valence electrons. The van der Waals surface area contributed by atoms with Gasteiger partial charge in [-0.2, -0.15) is 0 Å². The Morgan fingerprint density at radius 1 is 1.20 bits per heavy atom. The van der Waals surface area contributed by atoms with Crippen molar-refractivity contribution >= 4 is 29.5 Å². The lowest BCUT2D eigenvalue weighted by Crippen LogP contribution is -2.40. The molecule has 2 rings (SSSR count). The van der Waals surface area contributed by atoms with E-state index in [4.69, 9.17) is 5.11 Å². The van der Waals surface area contributed by atoms with Crippen LogP contribution in [0.2, 0.25) is 0 Å². The summed E-state index contributed by atoms with van der Waals surface area (Å²) in [5, 5.41) is 11.8. The zero-order chi connectivity index (χ0) is 18.4. The summed E-state index contributed by atoms with van der Waals surface area (Å²) in [5.74, 6) is -1.57. The summed E-state index contributed by atoms with van der Waals surface area (Å²) in [4.78, 5) is 38.3. The van der Waals surface area contributed by atoms with Crippen LogP contribution in [0, 0.1) is 5.92 Å². The molecule has 0 saturated carbocycles. The number of thioether (sulfide) groups is 1. The van der Waals surface area contributed by atoms with E-state index in [-0.39, 0.29) is 11.8 Å². The molecular formula is C18H24N2O4S. The van der Waals surface area contributed by atoms with E-state index in [0.717, 1.165) is 30.8 Å². The molecule has 1 heterocycles. The number of nitrogens with zero attached hydrogens (tertiary/aromatic N) is 1. The van der Waals surface area contributed by atoms with Crippen LogP contribution in [-0.2, 0) is 9.59 Å². The lowest BCUT2D eigenvalue weighted by molar-refractivity contribution is -0.141. The lowest BCUT2D eigenvalue weighted by Gasteiger charge is -2.19. The number of carbonyl (C=O) groups excluding carboxylic acids is 2. The van der Waals surface area contributed by atoms with Gasteiger partial charge in [-0.15, -0.1) is 11.8 Å². The number of hydrogen-bond donors (Lipinski definition) is 2. The number of carbonyl (C=O) groups is 3. The largest absolute Gasteiger partial charge is 0.481 e. The molecule has 1 aliphatic heterocycles. The highest BCUT2D eigenvalue weighted by Gasteiger charge is 2.23. The molecule has 2 N–H and O–H groups in total. The second-order valence-electron chi connectivity index (χ2n) is 6.26. The van der Waals surface area contributed by atoms with Crippen LogP contribution in [0.3, 0.4) is 0 Å². The predicted molar refractivity (Wildman–Crippen MR) is 96.7 cm³/mol. The third kappa shape index (κ3) is 5.22. The molecule has 7 heteroatoms. The monoisotopic (exact) mass is 364 g/mol. The molecule has 2 atom stereocenters. The van der Waals surface area contributed by atoms with Crippen LogP contribution in [-0.4, -0.2) is 52.7 Å². The van der Waals surface area contributed by atoms with Crippen molar-refractivity contribution in [2.45, 2.75) is 37.6 Å². The van der Waals surface area contributed by atoms with Crippen LogP contribution in [0.4, 0.5) is 0 Å². The van der Waals surface area contributed by atoms with Gasteiger partial charge in [-0.25, -0.2) is 0 Å². The average molecular weight is 364 g/mol. The summed E-state index contributed by atoms with van der Waals surface area (Å²) in [6.45, 7) is 4.85. The fraction of sp³-hybridized carbons (Fsp3) is 0.500. The van der Waals surface area contributed by atoms with E-state index in [9.17, 15) is 14.4 Å². The van der Waals surface area contributed by atoms with Gasteiger partial charge in [-0.1, -0.05) is 12.1 Å². The first-order chi connectivity index (χ1) is 11.9. The molecule has 0 spiro atoms. The highest BCUT2D eigenvalue weighted by Crippen LogP contribution is 2.24. The van der Waals surface area contributed by atoms with E-state index in [2.05, 4.69) is 5.32 Å². The Labute approximate surface area is 152 Å². The fourth-order valence-corrected chi connectivity index (χ4v) is 3.55. The maximum atomic E-state index is 12.5. The molecule has 0 aromatic heterocycles.